The van der Waals surface area contributed by atoms with E-state index in [-0.39, 0.29) is 0 Å². The van der Waals surface area contributed by atoms with Crippen LogP contribution in [0, 0.1) is 5.92 Å². The molecular formula is C18H30N2O. The lowest BCUT2D eigenvalue weighted by atomic mass is 10.1. The average Bonchev–Trinajstić information content (AvgIpc) is 2.92. The number of nitrogens with two attached hydrogens (primary N) is 1. The molecule has 0 atom stereocenters. The third-order valence-electron chi connectivity index (χ3n) is 4.27. The standard InChI is InChI=1S/C18H30N2O/c1-4-21-18-12-15(19)11-17(13-18)20(10-9-14(2)3)16-7-5-6-8-16/h11-14,16H,4-10,19H2,1-3H3. The van der Waals surface area contributed by atoms with E-state index in [0.717, 1.165) is 23.9 Å². The molecule has 0 saturated heterocycles. The summed E-state index contributed by atoms with van der Waals surface area (Å²) < 4.78 is 5.66. The number of benzene rings is 1. The lowest BCUT2D eigenvalue weighted by molar-refractivity contribution is 0.340. The first-order valence-corrected chi connectivity index (χ1v) is 8.40. The van der Waals surface area contributed by atoms with Crippen LogP contribution in [0.15, 0.2) is 18.2 Å². The van der Waals surface area contributed by atoms with Crippen molar-refractivity contribution in [3.63, 3.8) is 0 Å². The summed E-state index contributed by atoms with van der Waals surface area (Å²) in [5.74, 6) is 1.61. The number of ether oxygens (including phenoxy) is 1. The molecule has 1 fully saturated rings. The predicted octanol–water partition coefficient (Wildman–Crippen LogP) is 4.46. The first-order valence-electron chi connectivity index (χ1n) is 8.40. The summed E-state index contributed by atoms with van der Waals surface area (Å²) in [6, 6.07) is 6.84. The van der Waals surface area contributed by atoms with Gasteiger partial charge in [0.05, 0.1) is 6.61 Å². The number of nitrogen functional groups attached to an aromatic ring is 1. The van der Waals surface area contributed by atoms with Crippen molar-refractivity contribution in [2.75, 3.05) is 23.8 Å². The normalized spacial score (nSPS) is 15.6. The second-order valence-electron chi connectivity index (χ2n) is 6.51. The van der Waals surface area contributed by atoms with Crippen LogP contribution in [0.2, 0.25) is 0 Å². The van der Waals surface area contributed by atoms with Crippen LogP contribution in [0.1, 0.15) is 52.9 Å². The molecule has 1 saturated carbocycles. The Morgan fingerprint density at radius 3 is 2.57 bits per heavy atom. The number of hydrogen-bond donors (Lipinski definition) is 1. The molecule has 21 heavy (non-hydrogen) atoms. The van der Waals surface area contributed by atoms with E-state index in [4.69, 9.17) is 10.5 Å². The smallest absolute Gasteiger partial charge is 0.123 e. The van der Waals surface area contributed by atoms with Crippen LogP contribution in [-0.2, 0) is 0 Å². The Balaban J connectivity index is 2.21. The molecule has 2 N–H and O–H groups in total. The van der Waals surface area contributed by atoms with Gasteiger partial charge >= 0.3 is 0 Å². The molecular weight excluding hydrogens is 260 g/mol. The van der Waals surface area contributed by atoms with Gasteiger partial charge in [-0.3, -0.25) is 0 Å². The highest BCUT2D eigenvalue weighted by Crippen LogP contribution is 2.32. The largest absolute Gasteiger partial charge is 0.494 e. The molecule has 2 rings (SSSR count). The van der Waals surface area contributed by atoms with Gasteiger partial charge in [-0.15, -0.1) is 0 Å². The van der Waals surface area contributed by atoms with Crippen molar-refractivity contribution in [1.82, 2.24) is 0 Å². The average molecular weight is 290 g/mol. The maximum Gasteiger partial charge on any atom is 0.123 e. The van der Waals surface area contributed by atoms with E-state index in [1.807, 2.05) is 13.0 Å². The molecule has 1 aliphatic carbocycles. The van der Waals surface area contributed by atoms with Gasteiger partial charge in [0.15, 0.2) is 0 Å². The van der Waals surface area contributed by atoms with Gasteiger partial charge in [0.25, 0.3) is 0 Å². The van der Waals surface area contributed by atoms with Crippen molar-refractivity contribution < 1.29 is 4.74 Å². The Morgan fingerprint density at radius 1 is 1.24 bits per heavy atom. The van der Waals surface area contributed by atoms with Gasteiger partial charge < -0.3 is 15.4 Å². The number of anilines is 2. The minimum absolute atomic E-state index is 0.667. The van der Waals surface area contributed by atoms with E-state index in [1.165, 1.54) is 37.8 Å². The van der Waals surface area contributed by atoms with Crippen LogP contribution in [0.25, 0.3) is 0 Å². The highest BCUT2D eigenvalue weighted by atomic mass is 16.5. The van der Waals surface area contributed by atoms with Gasteiger partial charge in [0.2, 0.25) is 0 Å². The fourth-order valence-corrected chi connectivity index (χ4v) is 3.16. The highest BCUT2D eigenvalue weighted by molar-refractivity contribution is 5.61. The molecule has 118 valence electrons. The minimum Gasteiger partial charge on any atom is -0.494 e. The second kappa shape index (κ2) is 7.58. The maximum atomic E-state index is 6.08. The summed E-state index contributed by atoms with van der Waals surface area (Å²) in [6.45, 7) is 8.38. The summed E-state index contributed by atoms with van der Waals surface area (Å²) in [7, 11) is 0. The van der Waals surface area contributed by atoms with E-state index < -0.39 is 0 Å². The number of nitrogens with zero attached hydrogens (tertiary/aromatic N) is 1. The number of hydrogen-bond acceptors (Lipinski definition) is 3. The molecule has 0 radical (unpaired) electrons. The van der Waals surface area contributed by atoms with Crippen molar-refractivity contribution in [3.8, 4) is 5.75 Å². The zero-order valence-corrected chi connectivity index (χ0v) is 13.8. The molecule has 0 spiro atoms. The van der Waals surface area contributed by atoms with Gasteiger partial charge in [0.1, 0.15) is 5.75 Å². The Kier molecular flexibility index (Phi) is 5.77. The topological polar surface area (TPSA) is 38.5 Å². The maximum absolute atomic E-state index is 6.08. The van der Waals surface area contributed by atoms with Crippen LogP contribution in [0.3, 0.4) is 0 Å². The zero-order chi connectivity index (χ0) is 15.2. The van der Waals surface area contributed by atoms with Crippen LogP contribution in [-0.4, -0.2) is 19.2 Å². The van der Waals surface area contributed by atoms with Crippen molar-refractivity contribution in [2.24, 2.45) is 5.92 Å². The van der Waals surface area contributed by atoms with E-state index in [2.05, 4.69) is 30.9 Å². The molecule has 1 aromatic carbocycles. The molecule has 1 aliphatic rings. The fraction of sp³-hybridized carbons (Fsp3) is 0.667. The Labute approximate surface area is 129 Å². The minimum atomic E-state index is 0.667. The molecule has 3 heteroatoms. The van der Waals surface area contributed by atoms with Gasteiger partial charge in [-0.2, -0.15) is 0 Å². The zero-order valence-electron chi connectivity index (χ0n) is 13.8. The monoisotopic (exact) mass is 290 g/mol. The summed E-state index contributed by atoms with van der Waals surface area (Å²) in [5.41, 5.74) is 8.10. The molecule has 0 aliphatic heterocycles. The third kappa shape index (κ3) is 4.55. The van der Waals surface area contributed by atoms with Crippen molar-refractivity contribution in [2.45, 2.75) is 58.9 Å². The first-order chi connectivity index (χ1) is 10.1. The van der Waals surface area contributed by atoms with E-state index >= 15 is 0 Å². The molecule has 0 aromatic heterocycles. The van der Waals surface area contributed by atoms with Crippen molar-refractivity contribution in [3.05, 3.63) is 18.2 Å². The third-order valence-corrected chi connectivity index (χ3v) is 4.27. The molecule has 0 heterocycles. The lowest BCUT2D eigenvalue weighted by Crippen LogP contribution is -2.34. The van der Waals surface area contributed by atoms with Gasteiger partial charge in [0, 0.05) is 36.1 Å². The van der Waals surface area contributed by atoms with Crippen LogP contribution in [0.5, 0.6) is 5.75 Å². The molecule has 0 amide bonds. The Morgan fingerprint density at radius 2 is 1.95 bits per heavy atom. The van der Waals surface area contributed by atoms with Gasteiger partial charge in [-0.25, -0.2) is 0 Å². The van der Waals surface area contributed by atoms with Crippen LogP contribution in [0.4, 0.5) is 11.4 Å². The van der Waals surface area contributed by atoms with Gasteiger partial charge in [-0.05, 0) is 38.2 Å². The summed E-state index contributed by atoms with van der Waals surface area (Å²) in [5, 5.41) is 0. The predicted molar refractivity (Wildman–Crippen MR) is 91.1 cm³/mol. The van der Waals surface area contributed by atoms with E-state index in [1.54, 1.807) is 0 Å². The van der Waals surface area contributed by atoms with Crippen molar-refractivity contribution >= 4 is 11.4 Å². The molecule has 0 bridgehead atoms. The van der Waals surface area contributed by atoms with E-state index in [9.17, 15) is 0 Å². The molecule has 3 nitrogen and oxygen atoms in total. The SMILES string of the molecule is CCOc1cc(N)cc(N(CCC(C)C)C2CCCC2)c1. The molecule has 0 unspecified atom stereocenters. The van der Waals surface area contributed by atoms with Gasteiger partial charge in [-0.1, -0.05) is 26.7 Å². The Bertz CT molecular complexity index is 439. The number of rotatable bonds is 7. The first kappa shape index (κ1) is 16.0. The second-order valence-corrected chi connectivity index (χ2v) is 6.51. The molecule has 1 aromatic rings. The van der Waals surface area contributed by atoms with Crippen LogP contribution < -0.4 is 15.4 Å². The Hall–Kier alpha value is -1.38. The van der Waals surface area contributed by atoms with Crippen LogP contribution >= 0.6 is 0 Å². The highest BCUT2D eigenvalue weighted by Gasteiger charge is 2.23. The summed E-state index contributed by atoms with van der Waals surface area (Å²) >= 11 is 0. The fourth-order valence-electron chi connectivity index (χ4n) is 3.16. The van der Waals surface area contributed by atoms with Crippen molar-refractivity contribution in [1.29, 1.82) is 0 Å². The quantitative estimate of drug-likeness (QED) is 0.753. The van der Waals surface area contributed by atoms with E-state index in [0.29, 0.717) is 12.6 Å². The summed E-state index contributed by atoms with van der Waals surface area (Å²) in [6.07, 6.45) is 6.52. The lowest BCUT2D eigenvalue weighted by Gasteiger charge is -2.32. The summed E-state index contributed by atoms with van der Waals surface area (Å²) in [4.78, 5) is 2.56.